The molecule has 1 aromatic carbocycles. The fourth-order valence-electron chi connectivity index (χ4n) is 3.45. The van der Waals surface area contributed by atoms with Crippen LogP contribution in [0.3, 0.4) is 0 Å². The molecule has 0 aliphatic heterocycles. The Labute approximate surface area is 177 Å². The number of hydrogen-bond donors (Lipinski definition) is 2. The van der Waals surface area contributed by atoms with Gasteiger partial charge in [0.2, 0.25) is 5.91 Å². The number of halogens is 1. The van der Waals surface area contributed by atoms with Gasteiger partial charge in [-0.15, -0.1) is 0 Å². The van der Waals surface area contributed by atoms with E-state index in [9.17, 15) is 9.90 Å². The normalized spacial score (nSPS) is 15.9. The summed E-state index contributed by atoms with van der Waals surface area (Å²) in [7, 11) is 3.98. The third-order valence-electron chi connectivity index (χ3n) is 5.48. The highest BCUT2D eigenvalue weighted by Crippen LogP contribution is 2.43. The Bertz CT molecular complexity index is 837. The van der Waals surface area contributed by atoms with Crippen molar-refractivity contribution in [3.8, 4) is 5.75 Å². The summed E-state index contributed by atoms with van der Waals surface area (Å²) >= 11 is 6.02. The summed E-state index contributed by atoms with van der Waals surface area (Å²) in [6.07, 6.45) is 7.05. The van der Waals surface area contributed by atoms with Crippen LogP contribution in [0.25, 0.3) is 0 Å². The molecule has 2 atom stereocenters. The number of aryl methyl sites for hydroxylation is 1. The summed E-state index contributed by atoms with van der Waals surface area (Å²) in [4.78, 5) is 23.7. The van der Waals surface area contributed by atoms with Crippen molar-refractivity contribution in [2.24, 2.45) is 5.92 Å². The molecular weight excluding hydrogens is 388 g/mol. The molecule has 0 spiro atoms. The zero-order chi connectivity index (χ0) is 21.0. The zero-order valence-corrected chi connectivity index (χ0v) is 18.0. The molecule has 6 nitrogen and oxygen atoms in total. The second-order valence-corrected chi connectivity index (χ2v) is 8.59. The smallest absolute Gasteiger partial charge is 0.220 e. The van der Waals surface area contributed by atoms with E-state index < -0.39 is 0 Å². The van der Waals surface area contributed by atoms with Crippen LogP contribution in [0.15, 0.2) is 30.6 Å². The molecule has 0 radical (unpaired) electrons. The van der Waals surface area contributed by atoms with Crippen molar-refractivity contribution < 1.29 is 9.90 Å². The van der Waals surface area contributed by atoms with Crippen LogP contribution in [0.4, 0.5) is 0 Å². The lowest BCUT2D eigenvalue weighted by Crippen LogP contribution is -2.42. The molecule has 0 bridgehead atoms. The SMILES string of the molecule is Cc1cnc(C(CC(=O)NCC(Cc2ccc(O)c(Cl)c2)N(C)C)C2CC2)nc1. The maximum Gasteiger partial charge on any atom is 0.220 e. The van der Waals surface area contributed by atoms with Gasteiger partial charge in [0, 0.05) is 37.3 Å². The molecule has 2 N–H and O–H groups in total. The summed E-state index contributed by atoms with van der Waals surface area (Å²) in [5.41, 5.74) is 2.04. The van der Waals surface area contributed by atoms with Crippen LogP contribution in [0.2, 0.25) is 5.02 Å². The number of phenolic OH excluding ortho intramolecular Hbond substituents is 1. The predicted octanol–water partition coefficient (Wildman–Crippen LogP) is 3.32. The van der Waals surface area contributed by atoms with E-state index in [1.807, 2.05) is 39.5 Å². The monoisotopic (exact) mass is 416 g/mol. The molecule has 0 saturated heterocycles. The van der Waals surface area contributed by atoms with Gasteiger partial charge in [-0.05, 0) is 69.5 Å². The molecular formula is C22H29ClN4O2. The highest BCUT2D eigenvalue weighted by molar-refractivity contribution is 6.32. The van der Waals surface area contributed by atoms with E-state index in [0.29, 0.717) is 23.9 Å². The Morgan fingerprint density at radius 2 is 2.00 bits per heavy atom. The van der Waals surface area contributed by atoms with Crippen molar-refractivity contribution in [2.75, 3.05) is 20.6 Å². The molecule has 7 heteroatoms. The van der Waals surface area contributed by atoms with Gasteiger partial charge in [-0.25, -0.2) is 9.97 Å². The average molecular weight is 417 g/mol. The lowest BCUT2D eigenvalue weighted by Gasteiger charge is -2.25. The van der Waals surface area contributed by atoms with Crippen molar-refractivity contribution >= 4 is 17.5 Å². The van der Waals surface area contributed by atoms with Gasteiger partial charge in [-0.1, -0.05) is 17.7 Å². The summed E-state index contributed by atoms with van der Waals surface area (Å²) in [6.45, 7) is 2.50. The second-order valence-electron chi connectivity index (χ2n) is 8.18. The molecule has 1 aliphatic rings. The third kappa shape index (κ3) is 6.15. The third-order valence-corrected chi connectivity index (χ3v) is 5.78. The van der Waals surface area contributed by atoms with Gasteiger partial charge in [-0.3, -0.25) is 4.79 Å². The van der Waals surface area contributed by atoms with Crippen molar-refractivity contribution in [1.29, 1.82) is 0 Å². The number of nitrogens with one attached hydrogen (secondary N) is 1. The standard InChI is InChI=1S/C22H29ClN4O2/c1-14-11-25-22(26-12-14)18(16-5-6-16)10-21(29)24-13-17(27(2)3)8-15-4-7-20(28)19(23)9-15/h4,7,9,11-12,16-18,28H,5-6,8,10,13H2,1-3H3,(H,24,29). The maximum absolute atomic E-state index is 12.7. The van der Waals surface area contributed by atoms with E-state index in [1.165, 1.54) is 0 Å². The van der Waals surface area contributed by atoms with Gasteiger partial charge in [-0.2, -0.15) is 0 Å². The Morgan fingerprint density at radius 3 is 2.59 bits per heavy atom. The fourth-order valence-corrected chi connectivity index (χ4v) is 3.65. The summed E-state index contributed by atoms with van der Waals surface area (Å²) < 4.78 is 0. The lowest BCUT2D eigenvalue weighted by atomic mass is 9.97. The predicted molar refractivity (Wildman–Crippen MR) is 114 cm³/mol. The minimum atomic E-state index is 0.0293. The Balaban J connectivity index is 1.57. The first kappa shape index (κ1) is 21.5. The Morgan fingerprint density at radius 1 is 1.31 bits per heavy atom. The van der Waals surface area contributed by atoms with Crippen LogP contribution in [-0.4, -0.2) is 52.6 Å². The topological polar surface area (TPSA) is 78.3 Å². The number of likely N-dealkylation sites (N-methyl/N-ethyl adjacent to an activating group) is 1. The van der Waals surface area contributed by atoms with Crippen LogP contribution < -0.4 is 5.32 Å². The van der Waals surface area contributed by atoms with Crippen LogP contribution in [0.5, 0.6) is 5.75 Å². The molecule has 1 heterocycles. The number of carbonyl (C=O) groups is 1. The van der Waals surface area contributed by atoms with E-state index in [0.717, 1.165) is 36.2 Å². The van der Waals surface area contributed by atoms with Crippen LogP contribution >= 0.6 is 11.6 Å². The maximum atomic E-state index is 12.7. The van der Waals surface area contributed by atoms with E-state index in [4.69, 9.17) is 11.6 Å². The lowest BCUT2D eigenvalue weighted by molar-refractivity contribution is -0.121. The first-order valence-corrected chi connectivity index (χ1v) is 10.4. The summed E-state index contributed by atoms with van der Waals surface area (Å²) in [5, 5.41) is 13.0. The first-order chi connectivity index (χ1) is 13.8. The van der Waals surface area contributed by atoms with Crippen molar-refractivity contribution in [2.45, 2.75) is 44.6 Å². The summed E-state index contributed by atoms with van der Waals surface area (Å²) in [5.74, 6) is 1.48. The zero-order valence-electron chi connectivity index (χ0n) is 17.2. The number of amides is 1. The molecule has 1 amide bonds. The molecule has 29 heavy (non-hydrogen) atoms. The Kier molecular flexibility index (Phi) is 7.09. The largest absolute Gasteiger partial charge is 0.506 e. The highest BCUT2D eigenvalue weighted by Gasteiger charge is 2.35. The molecule has 3 rings (SSSR count). The van der Waals surface area contributed by atoms with Gasteiger partial charge < -0.3 is 15.3 Å². The number of aromatic nitrogens is 2. The molecule has 2 aromatic rings. The van der Waals surface area contributed by atoms with E-state index >= 15 is 0 Å². The molecule has 1 aliphatic carbocycles. The minimum absolute atomic E-state index is 0.0293. The second kappa shape index (κ2) is 9.55. The van der Waals surface area contributed by atoms with Crippen LogP contribution in [-0.2, 0) is 11.2 Å². The van der Waals surface area contributed by atoms with Crippen molar-refractivity contribution in [3.05, 3.63) is 52.6 Å². The van der Waals surface area contributed by atoms with Gasteiger partial charge in [0.25, 0.3) is 0 Å². The number of rotatable bonds is 9. The molecule has 156 valence electrons. The number of nitrogens with zero attached hydrogens (tertiary/aromatic N) is 3. The molecule has 1 saturated carbocycles. The highest BCUT2D eigenvalue weighted by atomic mass is 35.5. The van der Waals surface area contributed by atoms with E-state index in [-0.39, 0.29) is 23.6 Å². The molecule has 1 fully saturated rings. The van der Waals surface area contributed by atoms with Crippen molar-refractivity contribution in [3.63, 3.8) is 0 Å². The van der Waals surface area contributed by atoms with Gasteiger partial charge >= 0.3 is 0 Å². The number of phenols is 1. The molecule has 1 aromatic heterocycles. The quantitative estimate of drug-likeness (QED) is 0.655. The first-order valence-electron chi connectivity index (χ1n) is 10.0. The van der Waals surface area contributed by atoms with E-state index in [1.54, 1.807) is 12.1 Å². The fraction of sp³-hybridized carbons (Fsp3) is 0.500. The Hall–Kier alpha value is -2.18. The minimum Gasteiger partial charge on any atom is -0.506 e. The van der Waals surface area contributed by atoms with Gasteiger partial charge in [0.15, 0.2) is 0 Å². The van der Waals surface area contributed by atoms with Gasteiger partial charge in [0.1, 0.15) is 11.6 Å². The van der Waals surface area contributed by atoms with Gasteiger partial charge in [0.05, 0.1) is 5.02 Å². The average Bonchev–Trinajstić information content (AvgIpc) is 3.51. The van der Waals surface area contributed by atoms with Crippen LogP contribution in [0, 0.1) is 12.8 Å². The number of aromatic hydroxyl groups is 1. The van der Waals surface area contributed by atoms with E-state index in [2.05, 4.69) is 20.2 Å². The number of hydrogen-bond acceptors (Lipinski definition) is 5. The molecule has 2 unspecified atom stereocenters. The number of carbonyl (C=O) groups excluding carboxylic acids is 1. The van der Waals surface area contributed by atoms with Crippen molar-refractivity contribution in [1.82, 2.24) is 20.2 Å². The number of benzene rings is 1. The summed E-state index contributed by atoms with van der Waals surface area (Å²) in [6, 6.07) is 5.35. The van der Waals surface area contributed by atoms with Crippen LogP contribution in [0.1, 0.15) is 42.1 Å².